The Morgan fingerprint density at radius 3 is 2.67 bits per heavy atom. The Bertz CT molecular complexity index is 748. The number of nitrogens with zero attached hydrogens (tertiary/aromatic N) is 1. The number of carbonyl (C=O) groups excluding carboxylic acids is 1. The van der Waals surface area contributed by atoms with Gasteiger partial charge in [0.25, 0.3) is 5.91 Å². The summed E-state index contributed by atoms with van der Waals surface area (Å²) < 4.78 is 43.6. The molecule has 2 aromatic carbocycles. The van der Waals surface area contributed by atoms with E-state index in [0.717, 1.165) is 22.2 Å². The SMILES string of the molecule is O=C(COc1cccc(C(F)(F)F)c1)N/N=C/c1cccc(Br)c1. The third-order valence-corrected chi connectivity index (χ3v) is 3.28. The van der Waals surface area contributed by atoms with Crippen molar-refractivity contribution in [3.05, 3.63) is 64.1 Å². The van der Waals surface area contributed by atoms with Crippen molar-refractivity contribution >= 4 is 28.1 Å². The predicted octanol–water partition coefficient (Wildman–Crippen LogP) is 4.00. The molecule has 126 valence electrons. The molecule has 0 atom stereocenters. The molecule has 1 N–H and O–H groups in total. The Morgan fingerprint density at radius 1 is 1.21 bits per heavy atom. The topological polar surface area (TPSA) is 50.7 Å². The Labute approximate surface area is 144 Å². The number of ether oxygens (including phenoxy) is 1. The lowest BCUT2D eigenvalue weighted by atomic mass is 10.2. The van der Waals surface area contributed by atoms with Gasteiger partial charge in [0, 0.05) is 4.47 Å². The van der Waals surface area contributed by atoms with E-state index in [1.54, 1.807) is 12.1 Å². The predicted molar refractivity (Wildman–Crippen MR) is 86.8 cm³/mol. The molecule has 0 aliphatic heterocycles. The number of halogens is 4. The number of hydrogen-bond donors (Lipinski definition) is 1. The molecular weight excluding hydrogens is 389 g/mol. The maximum Gasteiger partial charge on any atom is 0.416 e. The third kappa shape index (κ3) is 5.69. The van der Waals surface area contributed by atoms with E-state index in [1.165, 1.54) is 18.3 Å². The fourth-order valence-corrected chi connectivity index (χ4v) is 2.13. The van der Waals surface area contributed by atoms with Crippen LogP contribution in [-0.2, 0) is 11.0 Å². The minimum atomic E-state index is -4.46. The third-order valence-electron chi connectivity index (χ3n) is 2.78. The van der Waals surface area contributed by atoms with Gasteiger partial charge in [-0.25, -0.2) is 5.43 Å². The molecule has 0 radical (unpaired) electrons. The van der Waals surface area contributed by atoms with E-state index in [4.69, 9.17) is 4.74 Å². The van der Waals surface area contributed by atoms with E-state index in [1.807, 2.05) is 12.1 Å². The van der Waals surface area contributed by atoms with E-state index in [0.29, 0.717) is 0 Å². The average Bonchev–Trinajstić information content (AvgIpc) is 2.52. The smallest absolute Gasteiger partial charge is 0.416 e. The second kappa shape index (κ2) is 7.96. The number of amides is 1. The maximum atomic E-state index is 12.6. The molecule has 2 rings (SSSR count). The van der Waals surface area contributed by atoms with Gasteiger partial charge in [-0.3, -0.25) is 4.79 Å². The zero-order valence-corrected chi connectivity index (χ0v) is 13.8. The van der Waals surface area contributed by atoms with Gasteiger partial charge in [0.2, 0.25) is 0 Å². The average molecular weight is 401 g/mol. The van der Waals surface area contributed by atoms with Crippen LogP contribution in [0.4, 0.5) is 13.2 Å². The Kier molecular flexibility index (Phi) is 5.97. The van der Waals surface area contributed by atoms with Gasteiger partial charge in [0.05, 0.1) is 11.8 Å². The summed E-state index contributed by atoms with van der Waals surface area (Å²) in [4.78, 5) is 11.6. The van der Waals surface area contributed by atoms with Crippen molar-refractivity contribution in [1.82, 2.24) is 5.43 Å². The first-order valence-corrected chi connectivity index (χ1v) is 7.51. The standard InChI is InChI=1S/C16H12BrF3N2O2/c17-13-5-1-3-11(7-13)9-21-22-15(23)10-24-14-6-2-4-12(8-14)16(18,19)20/h1-9H,10H2,(H,22,23)/b21-9+. The minimum absolute atomic E-state index is 0.0454. The zero-order valence-electron chi connectivity index (χ0n) is 12.2. The highest BCUT2D eigenvalue weighted by molar-refractivity contribution is 9.10. The lowest BCUT2D eigenvalue weighted by Crippen LogP contribution is -2.24. The number of alkyl halides is 3. The molecule has 0 heterocycles. The van der Waals surface area contributed by atoms with Crippen molar-refractivity contribution in [1.29, 1.82) is 0 Å². The fraction of sp³-hybridized carbons (Fsp3) is 0.125. The lowest BCUT2D eigenvalue weighted by Gasteiger charge is -2.09. The van der Waals surface area contributed by atoms with Gasteiger partial charge in [-0.15, -0.1) is 0 Å². The molecule has 0 aromatic heterocycles. The van der Waals surface area contributed by atoms with Crippen LogP contribution in [-0.4, -0.2) is 18.7 Å². The molecule has 0 spiro atoms. The number of hydrazone groups is 1. The van der Waals surface area contributed by atoms with Crippen LogP contribution in [0.25, 0.3) is 0 Å². The van der Waals surface area contributed by atoms with Crippen molar-refractivity contribution in [3.63, 3.8) is 0 Å². The van der Waals surface area contributed by atoms with E-state index < -0.39 is 24.3 Å². The zero-order chi connectivity index (χ0) is 17.6. The molecule has 24 heavy (non-hydrogen) atoms. The van der Waals surface area contributed by atoms with Gasteiger partial charge in [-0.05, 0) is 35.9 Å². The van der Waals surface area contributed by atoms with Gasteiger partial charge in [-0.2, -0.15) is 18.3 Å². The second-order valence-electron chi connectivity index (χ2n) is 4.66. The molecule has 1 amide bonds. The molecule has 4 nitrogen and oxygen atoms in total. The van der Waals surface area contributed by atoms with E-state index in [9.17, 15) is 18.0 Å². The van der Waals surface area contributed by atoms with Gasteiger partial charge in [-0.1, -0.05) is 34.1 Å². The molecule has 8 heteroatoms. The van der Waals surface area contributed by atoms with Gasteiger partial charge in [0.15, 0.2) is 6.61 Å². The first kappa shape index (κ1) is 18.0. The second-order valence-corrected chi connectivity index (χ2v) is 5.58. The number of nitrogens with one attached hydrogen (secondary N) is 1. The van der Waals surface area contributed by atoms with E-state index >= 15 is 0 Å². The fourth-order valence-electron chi connectivity index (χ4n) is 1.71. The highest BCUT2D eigenvalue weighted by Crippen LogP contribution is 2.31. The van der Waals surface area contributed by atoms with Crippen LogP contribution < -0.4 is 10.2 Å². The van der Waals surface area contributed by atoms with Crippen molar-refractivity contribution in [3.8, 4) is 5.75 Å². The van der Waals surface area contributed by atoms with Crippen molar-refractivity contribution < 1.29 is 22.7 Å². The summed E-state index contributed by atoms with van der Waals surface area (Å²) in [7, 11) is 0. The van der Waals surface area contributed by atoms with Crippen molar-refractivity contribution in [2.45, 2.75) is 6.18 Å². The van der Waals surface area contributed by atoms with Crippen molar-refractivity contribution in [2.24, 2.45) is 5.10 Å². The number of hydrogen-bond acceptors (Lipinski definition) is 3. The molecule has 0 fully saturated rings. The van der Waals surface area contributed by atoms with Gasteiger partial charge in [0.1, 0.15) is 5.75 Å². The highest BCUT2D eigenvalue weighted by atomic mass is 79.9. The summed E-state index contributed by atoms with van der Waals surface area (Å²) in [6.45, 7) is -0.447. The summed E-state index contributed by atoms with van der Waals surface area (Å²) in [6, 6.07) is 11.6. The summed E-state index contributed by atoms with van der Waals surface area (Å²) in [6.07, 6.45) is -3.02. The normalized spacial score (nSPS) is 11.5. The Hall–Kier alpha value is -2.35. The van der Waals surface area contributed by atoms with Crippen LogP contribution in [0.5, 0.6) is 5.75 Å². The van der Waals surface area contributed by atoms with Gasteiger partial charge < -0.3 is 4.74 Å². The molecule has 0 unspecified atom stereocenters. The quantitative estimate of drug-likeness (QED) is 0.609. The van der Waals surface area contributed by atoms with Gasteiger partial charge >= 0.3 is 6.18 Å². The van der Waals surface area contributed by atoms with Crippen LogP contribution in [0, 0.1) is 0 Å². The lowest BCUT2D eigenvalue weighted by molar-refractivity contribution is -0.137. The van der Waals surface area contributed by atoms with Crippen LogP contribution >= 0.6 is 15.9 Å². The van der Waals surface area contributed by atoms with E-state index in [2.05, 4.69) is 26.5 Å². The molecule has 0 aliphatic carbocycles. The molecule has 0 bridgehead atoms. The largest absolute Gasteiger partial charge is 0.484 e. The Balaban J connectivity index is 1.85. The number of benzene rings is 2. The molecular formula is C16H12BrF3N2O2. The van der Waals surface area contributed by atoms with Crippen LogP contribution in [0.15, 0.2) is 58.1 Å². The highest BCUT2D eigenvalue weighted by Gasteiger charge is 2.30. The number of rotatable bonds is 5. The monoisotopic (exact) mass is 400 g/mol. The van der Waals surface area contributed by atoms with Crippen LogP contribution in [0.1, 0.15) is 11.1 Å². The van der Waals surface area contributed by atoms with E-state index in [-0.39, 0.29) is 5.75 Å². The molecule has 0 aliphatic rings. The van der Waals surface area contributed by atoms with Crippen LogP contribution in [0.2, 0.25) is 0 Å². The first-order chi connectivity index (χ1) is 11.3. The first-order valence-electron chi connectivity index (χ1n) is 6.72. The summed E-state index contributed by atoms with van der Waals surface area (Å²) >= 11 is 3.30. The summed E-state index contributed by atoms with van der Waals surface area (Å²) in [5, 5.41) is 3.75. The minimum Gasteiger partial charge on any atom is -0.484 e. The molecule has 0 saturated heterocycles. The van der Waals surface area contributed by atoms with Crippen molar-refractivity contribution in [2.75, 3.05) is 6.61 Å². The maximum absolute atomic E-state index is 12.6. The Morgan fingerprint density at radius 2 is 1.96 bits per heavy atom. The van der Waals surface area contributed by atoms with Crippen LogP contribution in [0.3, 0.4) is 0 Å². The molecule has 2 aromatic rings. The summed E-state index contributed by atoms with van der Waals surface area (Å²) in [5.41, 5.74) is 2.16. The molecule has 0 saturated carbocycles. The summed E-state index contributed by atoms with van der Waals surface area (Å²) in [5.74, 6) is -0.630. The number of carbonyl (C=O) groups is 1.